The number of fused-ring (bicyclic) bond motifs is 1. The van der Waals surface area contributed by atoms with Gasteiger partial charge >= 0.3 is 0 Å². The maximum absolute atomic E-state index is 13.3. The molecule has 7 nitrogen and oxygen atoms in total. The molecule has 2 aromatic rings. The van der Waals surface area contributed by atoms with E-state index in [4.69, 9.17) is 14.2 Å². The molecule has 2 bridgehead atoms. The molecule has 7 heteroatoms. The third kappa shape index (κ3) is 3.33. The largest absolute Gasteiger partial charge is 0.493 e. The van der Waals surface area contributed by atoms with E-state index in [1.807, 2.05) is 35.3 Å². The molecule has 32 heavy (non-hydrogen) atoms. The third-order valence-electron chi connectivity index (χ3n) is 6.65. The van der Waals surface area contributed by atoms with Crippen molar-refractivity contribution in [2.24, 2.45) is 11.8 Å². The lowest BCUT2D eigenvalue weighted by atomic mass is 9.77. The van der Waals surface area contributed by atoms with Crippen molar-refractivity contribution in [1.82, 2.24) is 4.90 Å². The molecule has 2 saturated heterocycles. The molecule has 0 aliphatic carbocycles. The van der Waals surface area contributed by atoms with Gasteiger partial charge in [-0.15, -0.1) is 0 Å². The van der Waals surface area contributed by atoms with Crippen LogP contribution < -0.4 is 14.8 Å². The van der Waals surface area contributed by atoms with Crippen LogP contribution in [-0.4, -0.2) is 55.7 Å². The van der Waals surface area contributed by atoms with Crippen LogP contribution in [0.1, 0.15) is 5.56 Å². The van der Waals surface area contributed by atoms with Crippen molar-refractivity contribution in [1.29, 1.82) is 0 Å². The minimum absolute atomic E-state index is 0.0137. The highest BCUT2D eigenvalue weighted by Crippen LogP contribution is 2.52. The van der Waals surface area contributed by atoms with E-state index in [1.165, 1.54) is 5.56 Å². The summed E-state index contributed by atoms with van der Waals surface area (Å²) in [4.78, 5) is 28.4. The quantitative estimate of drug-likeness (QED) is 0.678. The maximum atomic E-state index is 13.3. The monoisotopic (exact) mass is 434 g/mol. The molecule has 0 radical (unpaired) electrons. The number of amides is 2. The van der Waals surface area contributed by atoms with Crippen LogP contribution in [0.25, 0.3) is 0 Å². The van der Waals surface area contributed by atoms with Gasteiger partial charge in [-0.05, 0) is 24.1 Å². The zero-order valence-electron chi connectivity index (χ0n) is 18.1. The van der Waals surface area contributed by atoms with Crippen molar-refractivity contribution in [3.8, 4) is 11.5 Å². The van der Waals surface area contributed by atoms with Crippen LogP contribution in [0.3, 0.4) is 0 Å². The highest BCUT2D eigenvalue weighted by molar-refractivity contribution is 5.99. The van der Waals surface area contributed by atoms with E-state index < -0.39 is 17.4 Å². The van der Waals surface area contributed by atoms with E-state index >= 15 is 0 Å². The Balaban J connectivity index is 1.32. The van der Waals surface area contributed by atoms with Gasteiger partial charge in [-0.3, -0.25) is 9.59 Å². The lowest BCUT2D eigenvalue weighted by Crippen LogP contribution is -2.41. The van der Waals surface area contributed by atoms with Crippen molar-refractivity contribution < 1.29 is 23.8 Å². The fraction of sp³-hybridized carbons (Fsp3) is 0.360. The SMILES string of the molecule is COc1ccc(NC(=O)[C@H]2[C@H]3C(=O)N(CCc4ccccc4)C[C@@]34C=C[C@H]2O4)cc1OC. The van der Waals surface area contributed by atoms with Gasteiger partial charge in [0.1, 0.15) is 5.60 Å². The normalized spacial score (nSPS) is 27.5. The predicted octanol–water partition coefficient (Wildman–Crippen LogP) is 2.67. The molecule has 3 aliphatic heterocycles. The molecule has 3 aliphatic rings. The summed E-state index contributed by atoms with van der Waals surface area (Å²) >= 11 is 0. The third-order valence-corrected chi connectivity index (χ3v) is 6.65. The lowest BCUT2D eigenvalue weighted by molar-refractivity contribution is -0.135. The molecule has 0 unspecified atom stereocenters. The molecule has 4 atom stereocenters. The first kappa shape index (κ1) is 20.6. The number of likely N-dealkylation sites (tertiary alicyclic amines) is 1. The average Bonchev–Trinajstić information content (AvgIpc) is 3.46. The van der Waals surface area contributed by atoms with Crippen molar-refractivity contribution in [3.05, 3.63) is 66.2 Å². The highest BCUT2D eigenvalue weighted by atomic mass is 16.5. The van der Waals surface area contributed by atoms with Crippen LogP contribution in [0.2, 0.25) is 0 Å². The van der Waals surface area contributed by atoms with Gasteiger partial charge in [-0.25, -0.2) is 0 Å². The Bertz CT molecular complexity index is 1070. The Hall–Kier alpha value is -3.32. The fourth-order valence-corrected chi connectivity index (χ4v) is 5.12. The Morgan fingerprint density at radius 3 is 2.69 bits per heavy atom. The fourth-order valence-electron chi connectivity index (χ4n) is 5.12. The highest BCUT2D eigenvalue weighted by Gasteiger charge is 2.66. The number of carbonyl (C=O) groups excluding carboxylic acids is 2. The molecule has 2 amide bonds. The van der Waals surface area contributed by atoms with E-state index in [0.717, 1.165) is 6.42 Å². The Morgan fingerprint density at radius 2 is 1.94 bits per heavy atom. The summed E-state index contributed by atoms with van der Waals surface area (Å²) in [5, 5.41) is 2.94. The number of nitrogens with one attached hydrogen (secondary N) is 1. The number of nitrogens with zero attached hydrogens (tertiary/aromatic N) is 1. The van der Waals surface area contributed by atoms with Crippen LogP contribution >= 0.6 is 0 Å². The zero-order valence-corrected chi connectivity index (χ0v) is 18.1. The van der Waals surface area contributed by atoms with Crippen molar-refractivity contribution in [3.63, 3.8) is 0 Å². The van der Waals surface area contributed by atoms with Crippen molar-refractivity contribution in [2.45, 2.75) is 18.1 Å². The number of carbonyl (C=O) groups is 2. The van der Waals surface area contributed by atoms with E-state index in [-0.39, 0.29) is 17.9 Å². The van der Waals surface area contributed by atoms with E-state index in [2.05, 4.69) is 17.4 Å². The molecular formula is C25H26N2O5. The average molecular weight is 434 g/mol. The molecule has 1 N–H and O–H groups in total. The first-order valence-electron chi connectivity index (χ1n) is 10.8. The molecule has 1 spiro atoms. The molecule has 2 aromatic carbocycles. The lowest BCUT2D eigenvalue weighted by Gasteiger charge is -2.23. The van der Waals surface area contributed by atoms with Gasteiger partial charge in [-0.2, -0.15) is 0 Å². The van der Waals surface area contributed by atoms with Gasteiger partial charge in [0.2, 0.25) is 11.8 Å². The van der Waals surface area contributed by atoms with E-state index in [0.29, 0.717) is 30.3 Å². The molecule has 5 rings (SSSR count). The second-order valence-electron chi connectivity index (χ2n) is 8.45. The molecule has 166 valence electrons. The minimum Gasteiger partial charge on any atom is -0.493 e. The summed E-state index contributed by atoms with van der Waals surface area (Å²) in [5.41, 5.74) is 1.05. The molecule has 0 saturated carbocycles. The number of ether oxygens (including phenoxy) is 3. The second kappa shape index (κ2) is 7.98. The summed E-state index contributed by atoms with van der Waals surface area (Å²) in [6.45, 7) is 1.09. The zero-order chi connectivity index (χ0) is 22.3. The number of benzene rings is 2. The van der Waals surface area contributed by atoms with Gasteiger partial charge in [0.25, 0.3) is 0 Å². The van der Waals surface area contributed by atoms with Crippen LogP contribution in [0.5, 0.6) is 11.5 Å². The first-order valence-corrected chi connectivity index (χ1v) is 10.8. The van der Waals surface area contributed by atoms with Crippen molar-refractivity contribution in [2.75, 3.05) is 32.6 Å². The first-order chi connectivity index (χ1) is 15.5. The van der Waals surface area contributed by atoms with E-state index in [1.54, 1.807) is 32.4 Å². The van der Waals surface area contributed by atoms with Crippen LogP contribution in [0.4, 0.5) is 5.69 Å². The number of hydrogen-bond acceptors (Lipinski definition) is 5. The van der Waals surface area contributed by atoms with Crippen LogP contribution in [0.15, 0.2) is 60.7 Å². The molecule has 0 aromatic heterocycles. The summed E-state index contributed by atoms with van der Waals surface area (Å²) in [5.74, 6) is -0.210. The molecule has 2 fully saturated rings. The van der Waals surface area contributed by atoms with Gasteiger partial charge in [0.05, 0.1) is 38.7 Å². The Kier molecular flexibility index (Phi) is 5.13. The summed E-state index contributed by atoms with van der Waals surface area (Å²) in [6.07, 6.45) is 4.28. The van der Waals surface area contributed by atoms with Crippen LogP contribution in [0, 0.1) is 11.8 Å². The standard InChI is InChI=1S/C25H26N2O5/c1-30-18-9-8-17(14-20(18)31-2)26-23(28)21-19-10-12-25(32-19)15-27(24(29)22(21)25)13-11-16-6-4-3-5-7-16/h3-10,12,14,19,21-22H,11,13,15H2,1-2H3,(H,26,28)/t19-,21-,22+,25+/m1/s1. The van der Waals surface area contributed by atoms with Gasteiger partial charge in [-0.1, -0.05) is 42.5 Å². The van der Waals surface area contributed by atoms with Gasteiger partial charge in [0.15, 0.2) is 11.5 Å². The number of anilines is 1. The summed E-state index contributed by atoms with van der Waals surface area (Å²) in [6, 6.07) is 15.3. The molecular weight excluding hydrogens is 408 g/mol. The number of methoxy groups -OCH3 is 2. The number of hydrogen-bond donors (Lipinski definition) is 1. The summed E-state index contributed by atoms with van der Waals surface area (Å²) < 4.78 is 16.8. The smallest absolute Gasteiger partial charge is 0.231 e. The van der Waals surface area contributed by atoms with Gasteiger partial charge in [0, 0.05) is 18.3 Å². The Morgan fingerprint density at radius 1 is 1.16 bits per heavy atom. The maximum Gasteiger partial charge on any atom is 0.231 e. The van der Waals surface area contributed by atoms with Crippen molar-refractivity contribution >= 4 is 17.5 Å². The van der Waals surface area contributed by atoms with Crippen LogP contribution in [-0.2, 0) is 20.7 Å². The predicted molar refractivity (Wildman–Crippen MR) is 119 cm³/mol. The topological polar surface area (TPSA) is 77.1 Å². The number of rotatable bonds is 7. The van der Waals surface area contributed by atoms with E-state index in [9.17, 15) is 9.59 Å². The Labute approximate surface area is 186 Å². The van der Waals surface area contributed by atoms with Gasteiger partial charge < -0.3 is 24.4 Å². The summed E-state index contributed by atoms with van der Waals surface area (Å²) in [7, 11) is 3.10. The minimum atomic E-state index is -0.710. The second-order valence-corrected chi connectivity index (χ2v) is 8.45. The molecule has 3 heterocycles.